The molecule has 19 heavy (non-hydrogen) atoms. The second-order valence-electron chi connectivity index (χ2n) is 4.24. The predicted molar refractivity (Wildman–Crippen MR) is 72.7 cm³/mol. The van der Waals surface area contributed by atoms with Crippen LogP contribution >= 0.6 is 11.6 Å². The fourth-order valence-corrected chi connectivity index (χ4v) is 1.63. The Kier molecular flexibility index (Phi) is 4.91. The summed E-state index contributed by atoms with van der Waals surface area (Å²) in [5.74, 6) is -1.48. The van der Waals surface area contributed by atoms with Crippen molar-refractivity contribution in [2.24, 2.45) is 0 Å². The molecule has 0 spiro atoms. The van der Waals surface area contributed by atoms with Gasteiger partial charge >= 0.3 is 5.97 Å². The van der Waals surface area contributed by atoms with E-state index in [-0.39, 0.29) is 16.5 Å². The lowest BCUT2D eigenvalue weighted by Gasteiger charge is -2.25. The summed E-state index contributed by atoms with van der Waals surface area (Å²) in [4.78, 5) is 23.0. The summed E-state index contributed by atoms with van der Waals surface area (Å²) in [6.07, 6.45) is 0.495. The SMILES string of the molecule is CCC(C)(OC)C(=O)Nc1ccc(Cl)c(C(=O)O)c1. The van der Waals surface area contributed by atoms with Crippen molar-refractivity contribution in [3.05, 3.63) is 28.8 Å². The average Bonchev–Trinajstić information content (AvgIpc) is 2.39. The minimum atomic E-state index is -1.15. The van der Waals surface area contributed by atoms with E-state index in [9.17, 15) is 9.59 Å². The van der Waals surface area contributed by atoms with Crippen LogP contribution in [0.1, 0.15) is 30.6 Å². The van der Waals surface area contributed by atoms with Crippen LogP contribution < -0.4 is 5.32 Å². The van der Waals surface area contributed by atoms with Crippen LogP contribution in [0, 0.1) is 0 Å². The van der Waals surface area contributed by atoms with Crippen molar-refractivity contribution in [2.75, 3.05) is 12.4 Å². The summed E-state index contributed by atoms with van der Waals surface area (Å²) < 4.78 is 5.17. The smallest absolute Gasteiger partial charge is 0.337 e. The van der Waals surface area contributed by atoms with Crippen LogP contribution in [-0.2, 0) is 9.53 Å². The fraction of sp³-hybridized carbons (Fsp3) is 0.385. The van der Waals surface area contributed by atoms with Crippen molar-refractivity contribution in [2.45, 2.75) is 25.9 Å². The van der Waals surface area contributed by atoms with Gasteiger partial charge in [0, 0.05) is 12.8 Å². The summed E-state index contributed by atoms with van der Waals surface area (Å²) in [5, 5.41) is 11.7. The van der Waals surface area contributed by atoms with Crippen LogP contribution in [0.4, 0.5) is 5.69 Å². The van der Waals surface area contributed by atoms with Gasteiger partial charge in [0.25, 0.3) is 5.91 Å². The van der Waals surface area contributed by atoms with Crippen LogP contribution in [0.25, 0.3) is 0 Å². The van der Waals surface area contributed by atoms with Gasteiger partial charge in [-0.05, 0) is 31.5 Å². The molecule has 1 aromatic carbocycles. The molecule has 1 aromatic rings. The molecule has 1 rings (SSSR count). The highest BCUT2D eigenvalue weighted by Gasteiger charge is 2.31. The first kappa shape index (κ1) is 15.5. The number of carbonyl (C=O) groups is 2. The fourth-order valence-electron chi connectivity index (χ4n) is 1.43. The Morgan fingerprint density at radius 3 is 2.58 bits per heavy atom. The molecule has 0 fully saturated rings. The van der Waals surface area contributed by atoms with E-state index in [0.29, 0.717) is 12.1 Å². The number of nitrogens with one attached hydrogen (secondary N) is 1. The Labute approximate surface area is 116 Å². The molecular formula is C13H16ClNO4. The van der Waals surface area contributed by atoms with E-state index < -0.39 is 11.6 Å². The Morgan fingerprint density at radius 2 is 2.11 bits per heavy atom. The first-order valence-electron chi connectivity index (χ1n) is 5.73. The molecular weight excluding hydrogens is 270 g/mol. The Bertz CT molecular complexity index is 497. The minimum Gasteiger partial charge on any atom is -0.478 e. The van der Waals surface area contributed by atoms with Gasteiger partial charge in [0.05, 0.1) is 10.6 Å². The van der Waals surface area contributed by atoms with Gasteiger partial charge in [-0.3, -0.25) is 4.79 Å². The second-order valence-corrected chi connectivity index (χ2v) is 4.65. The number of hydrogen-bond donors (Lipinski definition) is 2. The molecule has 0 aliphatic rings. The van der Waals surface area contributed by atoms with Crippen LogP contribution in [0.2, 0.25) is 5.02 Å². The number of rotatable bonds is 5. The summed E-state index contributed by atoms with van der Waals surface area (Å²) in [6.45, 7) is 3.49. The Morgan fingerprint density at radius 1 is 1.47 bits per heavy atom. The highest BCUT2D eigenvalue weighted by Crippen LogP contribution is 2.22. The third-order valence-electron chi connectivity index (χ3n) is 3.06. The van der Waals surface area contributed by atoms with E-state index in [2.05, 4.69) is 5.32 Å². The molecule has 104 valence electrons. The van der Waals surface area contributed by atoms with E-state index >= 15 is 0 Å². The maximum atomic E-state index is 12.0. The zero-order valence-electron chi connectivity index (χ0n) is 11.0. The average molecular weight is 286 g/mol. The van der Waals surface area contributed by atoms with Gasteiger partial charge in [-0.25, -0.2) is 4.79 Å². The molecule has 0 saturated carbocycles. The van der Waals surface area contributed by atoms with E-state index in [1.54, 1.807) is 13.0 Å². The summed E-state index contributed by atoms with van der Waals surface area (Å²) in [7, 11) is 1.45. The van der Waals surface area contributed by atoms with Crippen molar-refractivity contribution in [3.8, 4) is 0 Å². The number of aromatic carboxylic acids is 1. The van der Waals surface area contributed by atoms with Gasteiger partial charge in [-0.2, -0.15) is 0 Å². The van der Waals surface area contributed by atoms with Crippen LogP contribution in [0.5, 0.6) is 0 Å². The normalized spacial score (nSPS) is 13.7. The molecule has 1 unspecified atom stereocenters. The summed E-state index contributed by atoms with van der Waals surface area (Å²) >= 11 is 5.75. The van der Waals surface area contributed by atoms with Gasteiger partial charge in [-0.1, -0.05) is 18.5 Å². The topological polar surface area (TPSA) is 75.6 Å². The number of ether oxygens (including phenoxy) is 1. The third kappa shape index (κ3) is 3.45. The first-order valence-corrected chi connectivity index (χ1v) is 6.11. The predicted octanol–water partition coefficient (Wildman–Crippen LogP) is 2.79. The van der Waals surface area contributed by atoms with E-state index in [1.165, 1.54) is 19.2 Å². The van der Waals surface area contributed by atoms with E-state index in [1.807, 2.05) is 6.92 Å². The number of methoxy groups -OCH3 is 1. The third-order valence-corrected chi connectivity index (χ3v) is 3.39. The highest BCUT2D eigenvalue weighted by atomic mass is 35.5. The zero-order chi connectivity index (χ0) is 14.6. The van der Waals surface area contributed by atoms with Crippen LogP contribution in [-0.4, -0.2) is 29.7 Å². The number of hydrogen-bond acceptors (Lipinski definition) is 3. The first-order chi connectivity index (χ1) is 8.84. The number of anilines is 1. The van der Waals surface area contributed by atoms with Crippen molar-refractivity contribution in [1.82, 2.24) is 0 Å². The Balaban J connectivity index is 2.98. The van der Waals surface area contributed by atoms with Gasteiger partial charge < -0.3 is 15.2 Å². The molecule has 0 bridgehead atoms. The number of carboxylic acids is 1. The standard InChI is InChI=1S/C13H16ClNO4/c1-4-13(2,19-3)12(18)15-8-5-6-10(14)9(7-8)11(16)17/h5-7H,4H2,1-3H3,(H,15,18)(H,16,17). The highest BCUT2D eigenvalue weighted by molar-refractivity contribution is 6.33. The molecule has 2 N–H and O–H groups in total. The molecule has 0 radical (unpaired) electrons. The molecule has 1 amide bonds. The van der Waals surface area contributed by atoms with E-state index in [4.69, 9.17) is 21.4 Å². The summed E-state index contributed by atoms with van der Waals surface area (Å²) in [5.41, 5.74) is -0.651. The molecule has 6 heteroatoms. The largest absolute Gasteiger partial charge is 0.478 e. The lowest BCUT2D eigenvalue weighted by atomic mass is 10.0. The van der Waals surface area contributed by atoms with Gasteiger partial charge in [0.15, 0.2) is 0 Å². The number of carbonyl (C=O) groups excluding carboxylic acids is 1. The Hall–Kier alpha value is -1.59. The van der Waals surface area contributed by atoms with Gasteiger partial charge in [0.2, 0.25) is 0 Å². The van der Waals surface area contributed by atoms with E-state index in [0.717, 1.165) is 0 Å². The lowest BCUT2D eigenvalue weighted by Crippen LogP contribution is -2.41. The quantitative estimate of drug-likeness (QED) is 0.872. The molecule has 0 saturated heterocycles. The van der Waals surface area contributed by atoms with Gasteiger partial charge in [0.1, 0.15) is 5.60 Å². The monoisotopic (exact) mass is 285 g/mol. The second kappa shape index (κ2) is 6.04. The van der Waals surface area contributed by atoms with Gasteiger partial charge in [-0.15, -0.1) is 0 Å². The summed E-state index contributed by atoms with van der Waals surface area (Å²) in [6, 6.07) is 4.28. The van der Waals surface area contributed by atoms with Crippen LogP contribution in [0.15, 0.2) is 18.2 Å². The van der Waals surface area contributed by atoms with Crippen molar-refractivity contribution >= 4 is 29.2 Å². The maximum Gasteiger partial charge on any atom is 0.337 e. The molecule has 0 aliphatic carbocycles. The number of benzene rings is 1. The van der Waals surface area contributed by atoms with Crippen molar-refractivity contribution < 1.29 is 19.4 Å². The van der Waals surface area contributed by atoms with Crippen molar-refractivity contribution in [3.63, 3.8) is 0 Å². The minimum absolute atomic E-state index is 0.0601. The molecule has 0 aliphatic heterocycles. The molecule has 0 aromatic heterocycles. The molecule has 5 nitrogen and oxygen atoms in total. The van der Waals surface area contributed by atoms with Crippen LogP contribution in [0.3, 0.4) is 0 Å². The molecule has 1 atom stereocenters. The molecule has 0 heterocycles. The number of carboxylic acid groups (broad SMARTS) is 1. The zero-order valence-corrected chi connectivity index (χ0v) is 11.7. The lowest BCUT2D eigenvalue weighted by molar-refractivity contribution is -0.136. The number of amides is 1. The van der Waals surface area contributed by atoms with Crippen molar-refractivity contribution in [1.29, 1.82) is 0 Å². The maximum absolute atomic E-state index is 12.0. The number of halogens is 1.